The molecule has 3 heteroatoms. The van der Waals surface area contributed by atoms with Gasteiger partial charge in [0, 0.05) is 5.56 Å². The monoisotopic (exact) mass is 253 g/mol. The first-order valence-electron chi connectivity index (χ1n) is 6.47. The molecule has 19 heavy (non-hydrogen) atoms. The molecule has 98 valence electrons. The molecule has 0 spiro atoms. The minimum atomic E-state index is 0.446. The third kappa shape index (κ3) is 2.79. The van der Waals surface area contributed by atoms with Crippen LogP contribution >= 0.6 is 0 Å². The summed E-state index contributed by atoms with van der Waals surface area (Å²) in [4.78, 5) is 4.68. The maximum absolute atomic E-state index is 6.18. The molecule has 0 amide bonds. The molecule has 0 aliphatic heterocycles. The Balaban J connectivity index is 2.51. The van der Waals surface area contributed by atoms with Gasteiger partial charge in [0.1, 0.15) is 11.6 Å². The number of nitrogens with two attached hydrogens (primary N) is 1. The molecule has 0 fully saturated rings. The lowest BCUT2D eigenvalue weighted by molar-refractivity contribution is 0.638. The number of nitrogen functional groups attached to an aromatic ring is 1. The molecule has 2 aromatic rings. The highest BCUT2D eigenvalue weighted by Gasteiger charge is 2.16. The zero-order valence-electron chi connectivity index (χ0n) is 11.4. The number of anilines is 1. The van der Waals surface area contributed by atoms with Crippen LogP contribution in [0.2, 0.25) is 0 Å². The molecule has 1 aromatic carbocycles. The molecule has 0 bridgehead atoms. The Morgan fingerprint density at radius 3 is 2.58 bits per heavy atom. The minimum Gasteiger partial charge on any atom is -0.384 e. The third-order valence-corrected chi connectivity index (χ3v) is 2.97. The van der Waals surface area contributed by atoms with Crippen LogP contribution in [0.5, 0.6) is 0 Å². The van der Waals surface area contributed by atoms with Gasteiger partial charge in [0.05, 0.1) is 12.2 Å². The van der Waals surface area contributed by atoms with E-state index in [0.717, 1.165) is 23.5 Å². The molecule has 3 nitrogen and oxygen atoms in total. The second-order valence-electron chi connectivity index (χ2n) is 5.02. The molecular formula is C16H19N3. The van der Waals surface area contributed by atoms with Gasteiger partial charge >= 0.3 is 0 Å². The third-order valence-electron chi connectivity index (χ3n) is 2.97. The van der Waals surface area contributed by atoms with E-state index in [0.29, 0.717) is 18.3 Å². The molecule has 0 atom stereocenters. The number of benzene rings is 1. The van der Waals surface area contributed by atoms with Crippen molar-refractivity contribution in [1.82, 2.24) is 9.55 Å². The van der Waals surface area contributed by atoms with Gasteiger partial charge in [-0.1, -0.05) is 50.1 Å². The summed E-state index contributed by atoms with van der Waals surface area (Å²) in [5.41, 5.74) is 8.16. The fourth-order valence-electron chi connectivity index (χ4n) is 2.11. The fraction of sp³-hybridized carbons (Fsp3) is 0.312. The van der Waals surface area contributed by atoms with E-state index in [1.807, 2.05) is 34.9 Å². The van der Waals surface area contributed by atoms with Crippen LogP contribution in [-0.2, 0) is 13.0 Å². The summed E-state index contributed by atoms with van der Waals surface area (Å²) in [6, 6.07) is 10.0. The molecule has 0 unspecified atom stereocenters. The maximum Gasteiger partial charge on any atom is 0.142 e. The summed E-state index contributed by atoms with van der Waals surface area (Å²) in [7, 11) is 0. The smallest absolute Gasteiger partial charge is 0.142 e. The van der Waals surface area contributed by atoms with Crippen molar-refractivity contribution in [2.45, 2.75) is 26.8 Å². The highest BCUT2D eigenvalue weighted by Crippen LogP contribution is 2.25. The standard InChI is InChI=1S/C16H19N3/c1-4-10-19-15(17)14(11-12(2)3)18-16(19)13-8-6-5-7-9-13/h1,5-9,12H,10-11,17H2,2-3H3. The van der Waals surface area contributed by atoms with Crippen LogP contribution in [0.4, 0.5) is 5.82 Å². The number of imidazole rings is 1. The van der Waals surface area contributed by atoms with E-state index >= 15 is 0 Å². The number of hydrogen-bond donors (Lipinski definition) is 1. The molecule has 0 saturated heterocycles. The topological polar surface area (TPSA) is 43.8 Å². The van der Waals surface area contributed by atoms with Gasteiger partial charge in [-0.3, -0.25) is 4.57 Å². The van der Waals surface area contributed by atoms with Crippen molar-refractivity contribution < 1.29 is 0 Å². The second-order valence-corrected chi connectivity index (χ2v) is 5.02. The SMILES string of the molecule is C#CCn1c(-c2ccccc2)nc(CC(C)C)c1N. The summed E-state index contributed by atoms with van der Waals surface area (Å²) >= 11 is 0. The van der Waals surface area contributed by atoms with Crippen molar-refractivity contribution >= 4 is 5.82 Å². The highest BCUT2D eigenvalue weighted by atomic mass is 15.1. The molecule has 0 radical (unpaired) electrons. The summed E-state index contributed by atoms with van der Waals surface area (Å²) in [5.74, 6) is 4.70. The van der Waals surface area contributed by atoms with E-state index in [1.54, 1.807) is 0 Å². The summed E-state index contributed by atoms with van der Waals surface area (Å²) < 4.78 is 1.91. The van der Waals surface area contributed by atoms with Crippen molar-refractivity contribution in [2.24, 2.45) is 5.92 Å². The predicted molar refractivity (Wildman–Crippen MR) is 79.5 cm³/mol. The zero-order valence-corrected chi connectivity index (χ0v) is 11.4. The van der Waals surface area contributed by atoms with Crippen molar-refractivity contribution in [1.29, 1.82) is 0 Å². The Morgan fingerprint density at radius 1 is 1.32 bits per heavy atom. The average Bonchev–Trinajstić information content (AvgIpc) is 2.69. The number of rotatable bonds is 4. The summed E-state index contributed by atoms with van der Waals surface area (Å²) in [6.45, 7) is 4.75. The highest BCUT2D eigenvalue weighted by molar-refractivity contribution is 5.60. The molecular weight excluding hydrogens is 234 g/mol. The van der Waals surface area contributed by atoms with Gasteiger partial charge in [0.15, 0.2) is 0 Å². The van der Waals surface area contributed by atoms with Crippen molar-refractivity contribution in [2.75, 3.05) is 5.73 Å². The Morgan fingerprint density at radius 2 is 2.00 bits per heavy atom. The zero-order chi connectivity index (χ0) is 13.8. The number of hydrogen-bond acceptors (Lipinski definition) is 2. The van der Waals surface area contributed by atoms with Crippen LogP contribution in [0.1, 0.15) is 19.5 Å². The molecule has 0 aliphatic carbocycles. The van der Waals surface area contributed by atoms with Gasteiger partial charge in [-0.25, -0.2) is 4.98 Å². The van der Waals surface area contributed by atoms with E-state index in [2.05, 4.69) is 24.8 Å². The Bertz CT molecular complexity index is 588. The molecule has 1 aromatic heterocycles. The van der Waals surface area contributed by atoms with E-state index in [4.69, 9.17) is 12.2 Å². The Hall–Kier alpha value is -2.21. The van der Waals surface area contributed by atoms with Crippen LogP contribution in [0, 0.1) is 18.3 Å². The van der Waals surface area contributed by atoms with E-state index < -0.39 is 0 Å². The molecule has 2 N–H and O–H groups in total. The van der Waals surface area contributed by atoms with Gasteiger partial charge in [-0.15, -0.1) is 6.42 Å². The van der Waals surface area contributed by atoms with E-state index in [1.165, 1.54) is 0 Å². The van der Waals surface area contributed by atoms with E-state index in [-0.39, 0.29) is 0 Å². The van der Waals surface area contributed by atoms with Gasteiger partial charge in [0.2, 0.25) is 0 Å². The molecule has 1 heterocycles. The minimum absolute atomic E-state index is 0.446. The lowest BCUT2D eigenvalue weighted by Gasteiger charge is -2.06. The normalized spacial score (nSPS) is 10.6. The number of aromatic nitrogens is 2. The van der Waals surface area contributed by atoms with Crippen molar-refractivity contribution in [3.63, 3.8) is 0 Å². The average molecular weight is 253 g/mol. The van der Waals surface area contributed by atoms with Crippen LogP contribution in [0.25, 0.3) is 11.4 Å². The number of nitrogens with zero attached hydrogens (tertiary/aromatic N) is 2. The maximum atomic E-state index is 6.18. The van der Waals surface area contributed by atoms with Crippen molar-refractivity contribution in [3.05, 3.63) is 36.0 Å². The molecule has 0 saturated carbocycles. The van der Waals surface area contributed by atoms with Crippen LogP contribution in [0.15, 0.2) is 30.3 Å². The molecule has 2 rings (SSSR count). The Labute approximate surface area is 114 Å². The predicted octanol–water partition coefficient (Wildman–Crippen LogP) is 2.96. The lowest BCUT2D eigenvalue weighted by atomic mass is 10.1. The van der Waals surface area contributed by atoms with Crippen LogP contribution in [0.3, 0.4) is 0 Å². The largest absolute Gasteiger partial charge is 0.384 e. The second kappa shape index (κ2) is 5.62. The fourth-order valence-corrected chi connectivity index (χ4v) is 2.11. The first-order valence-corrected chi connectivity index (χ1v) is 6.47. The van der Waals surface area contributed by atoms with Crippen molar-refractivity contribution in [3.8, 4) is 23.7 Å². The van der Waals surface area contributed by atoms with Gasteiger partial charge in [-0.05, 0) is 12.3 Å². The van der Waals surface area contributed by atoms with Gasteiger partial charge < -0.3 is 5.73 Å². The Kier molecular flexibility index (Phi) is 3.91. The quantitative estimate of drug-likeness (QED) is 0.851. The van der Waals surface area contributed by atoms with Crippen LogP contribution in [-0.4, -0.2) is 9.55 Å². The molecule has 0 aliphatic rings. The summed E-state index contributed by atoms with van der Waals surface area (Å²) in [6.07, 6.45) is 6.30. The lowest BCUT2D eigenvalue weighted by Crippen LogP contribution is -2.05. The summed E-state index contributed by atoms with van der Waals surface area (Å²) in [5, 5.41) is 0. The van der Waals surface area contributed by atoms with Crippen LogP contribution < -0.4 is 5.73 Å². The number of terminal acetylenes is 1. The van der Waals surface area contributed by atoms with E-state index in [9.17, 15) is 0 Å². The van der Waals surface area contributed by atoms with Gasteiger partial charge in [-0.2, -0.15) is 0 Å². The first-order chi connectivity index (χ1) is 9.13. The van der Waals surface area contributed by atoms with Gasteiger partial charge in [0.25, 0.3) is 0 Å². The first kappa shape index (κ1) is 13.2.